The van der Waals surface area contributed by atoms with Crippen molar-refractivity contribution in [2.24, 2.45) is 0 Å². The number of piperidine rings is 2. The highest BCUT2D eigenvalue weighted by atomic mass is 32.2. The van der Waals surface area contributed by atoms with E-state index in [4.69, 9.17) is 0 Å². The molecule has 2 aliphatic heterocycles. The number of sulfonamides is 2. The van der Waals surface area contributed by atoms with Gasteiger partial charge in [0, 0.05) is 12.1 Å². The lowest BCUT2D eigenvalue weighted by Crippen LogP contribution is -2.43. The van der Waals surface area contributed by atoms with Gasteiger partial charge < -0.3 is 10.6 Å². The van der Waals surface area contributed by atoms with Crippen molar-refractivity contribution in [1.82, 2.24) is 20.1 Å². The lowest BCUT2D eigenvalue weighted by molar-refractivity contribution is -0.140. The van der Waals surface area contributed by atoms with Gasteiger partial charge in [0.2, 0.25) is 39.7 Å². The fourth-order valence-electron chi connectivity index (χ4n) is 6.17. The summed E-state index contributed by atoms with van der Waals surface area (Å²) in [7, 11) is -17.6. The van der Waals surface area contributed by atoms with Crippen LogP contribution in [0.3, 0.4) is 0 Å². The van der Waals surface area contributed by atoms with Gasteiger partial charge in [0.15, 0.2) is 0 Å². The Kier molecular flexibility index (Phi) is 13.8. The van der Waals surface area contributed by atoms with Gasteiger partial charge in [-0.3, -0.25) is 0 Å². The average Bonchev–Trinajstić information content (AvgIpc) is 3.18. The Morgan fingerprint density at radius 3 is 1.05 bits per heavy atom. The van der Waals surface area contributed by atoms with Gasteiger partial charge in [0.05, 0.1) is 40.5 Å². The summed E-state index contributed by atoms with van der Waals surface area (Å²) < 4.78 is 187. The zero-order valence-electron chi connectivity index (χ0n) is 30.2. The van der Waals surface area contributed by atoms with Gasteiger partial charge in [-0.1, -0.05) is 36.4 Å². The van der Waals surface area contributed by atoms with Gasteiger partial charge in [-0.05, 0) is 113 Å². The van der Waals surface area contributed by atoms with Crippen LogP contribution >= 0.6 is 0 Å². The summed E-state index contributed by atoms with van der Waals surface area (Å²) in [6.45, 7) is 2.12. The number of rotatable bonds is 10. The summed E-state index contributed by atoms with van der Waals surface area (Å²) in [5, 5.41) is 6.06. The first-order valence-corrected chi connectivity index (χ1v) is 23.5. The largest absolute Gasteiger partial charge is 0.417 e. The van der Waals surface area contributed by atoms with Crippen molar-refractivity contribution in [3.05, 3.63) is 108 Å². The van der Waals surface area contributed by atoms with E-state index < -0.39 is 94.9 Å². The highest BCUT2D eigenvalue weighted by molar-refractivity contribution is 7.92. The van der Waals surface area contributed by atoms with Crippen LogP contribution in [0.1, 0.15) is 36.8 Å². The third-order valence-corrected chi connectivity index (χ3v) is 15.8. The van der Waals surface area contributed by atoms with Gasteiger partial charge >= 0.3 is 12.4 Å². The smallest absolute Gasteiger partial charge is 0.317 e. The van der Waals surface area contributed by atoms with Crippen LogP contribution in [0.15, 0.2) is 126 Å². The molecule has 4 N–H and O–H groups in total. The van der Waals surface area contributed by atoms with E-state index >= 15 is 0 Å². The van der Waals surface area contributed by atoms with Gasteiger partial charge in [0.1, 0.15) is 0 Å². The second-order valence-corrected chi connectivity index (χ2v) is 20.5. The van der Waals surface area contributed by atoms with Gasteiger partial charge in [-0.2, -0.15) is 26.3 Å². The van der Waals surface area contributed by atoms with Gasteiger partial charge in [-0.15, -0.1) is 0 Å². The highest BCUT2D eigenvalue weighted by Gasteiger charge is 2.40. The Bertz CT molecular complexity index is 2340. The van der Waals surface area contributed by atoms with Crippen molar-refractivity contribution in [2.45, 2.75) is 79.5 Å². The van der Waals surface area contributed by atoms with Crippen LogP contribution in [-0.4, -0.2) is 71.9 Å². The Morgan fingerprint density at radius 1 is 0.448 bits per heavy atom. The molecule has 0 aliphatic carbocycles. The molecule has 4 aromatic rings. The first-order chi connectivity index (χ1) is 27.0. The minimum atomic E-state index is -4.97. The van der Waals surface area contributed by atoms with E-state index in [-0.39, 0.29) is 9.79 Å². The van der Waals surface area contributed by atoms with Crippen LogP contribution in [0.4, 0.5) is 26.3 Å². The number of sulfone groups is 2. The number of alkyl halides is 6. The SMILES string of the molecule is O=S(=O)(NC1CCNCC1)c1cc(S(=O)(=O)c2ccccc2)ccc1C(F)(F)F.O=S(=O)(NC1CCNCC1)c1cc(S(=O)(=O)c2ccccc2)ccc1C(F)(F)F. The highest BCUT2D eigenvalue weighted by Crippen LogP contribution is 2.38. The molecule has 2 fully saturated rings. The molecule has 58 heavy (non-hydrogen) atoms. The van der Waals surface area contributed by atoms with Crippen molar-refractivity contribution in [3.63, 3.8) is 0 Å². The molecule has 0 unspecified atom stereocenters. The second kappa shape index (κ2) is 17.8. The van der Waals surface area contributed by atoms with Crippen LogP contribution in [0, 0.1) is 0 Å². The van der Waals surface area contributed by atoms with E-state index in [1.807, 2.05) is 0 Å². The zero-order chi connectivity index (χ0) is 42.6. The maximum absolute atomic E-state index is 13.5. The Morgan fingerprint density at radius 2 is 0.759 bits per heavy atom. The fourth-order valence-corrected chi connectivity index (χ4v) is 12.0. The van der Waals surface area contributed by atoms with Crippen LogP contribution in [0.25, 0.3) is 0 Å². The van der Waals surface area contributed by atoms with E-state index in [1.165, 1.54) is 48.5 Å². The molecule has 316 valence electrons. The molecule has 2 heterocycles. The molecule has 12 nitrogen and oxygen atoms in total. The molecular weight excluding hydrogens is 859 g/mol. The molecule has 0 saturated carbocycles. The monoisotopic (exact) mass is 896 g/mol. The maximum Gasteiger partial charge on any atom is 0.417 e. The number of hydrogen-bond acceptors (Lipinski definition) is 10. The number of nitrogens with one attached hydrogen (secondary N) is 4. The normalized spacial score (nSPS) is 16.7. The van der Waals surface area contributed by atoms with Crippen molar-refractivity contribution in [3.8, 4) is 0 Å². The van der Waals surface area contributed by atoms with Crippen LogP contribution in [0.2, 0.25) is 0 Å². The molecule has 4 aromatic carbocycles. The molecule has 0 atom stereocenters. The second-order valence-electron chi connectivity index (χ2n) is 13.2. The predicted molar refractivity (Wildman–Crippen MR) is 199 cm³/mol. The fraction of sp³-hybridized carbons (Fsp3) is 0.333. The number of hydrogen-bond donors (Lipinski definition) is 4. The molecule has 0 spiro atoms. The van der Waals surface area contributed by atoms with E-state index in [9.17, 15) is 60.0 Å². The molecule has 2 saturated heterocycles. The van der Waals surface area contributed by atoms with Crippen molar-refractivity contribution >= 4 is 39.7 Å². The molecule has 6 rings (SSSR count). The maximum atomic E-state index is 13.5. The number of halogens is 6. The Labute approximate surface area is 332 Å². The van der Waals surface area contributed by atoms with Crippen LogP contribution in [-0.2, 0) is 52.1 Å². The molecule has 0 aromatic heterocycles. The molecule has 0 radical (unpaired) electrons. The Hall–Kier alpha value is -3.90. The topological polar surface area (TPSA) is 185 Å². The van der Waals surface area contributed by atoms with E-state index in [0.29, 0.717) is 76.1 Å². The van der Waals surface area contributed by atoms with Crippen molar-refractivity contribution in [2.75, 3.05) is 26.2 Å². The molecule has 22 heteroatoms. The lowest BCUT2D eigenvalue weighted by atomic mass is 10.1. The third kappa shape index (κ3) is 10.8. The van der Waals surface area contributed by atoms with Gasteiger partial charge in [-0.25, -0.2) is 43.1 Å². The van der Waals surface area contributed by atoms with Crippen molar-refractivity contribution in [1.29, 1.82) is 0 Å². The first kappa shape index (κ1) is 45.2. The van der Waals surface area contributed by atoms with Crippen LogP contribution in [0.5, 0.6) is 0 Å². The molecular formula is C36H38F6N4O8S4. The quantitative estimate of drug-likeness (QED) is 0.156. The lowest BCUT2D eigenvalue weighted by Gasteiger charge is -2.24. The van der Waals surface area contributed by atoms with E-state index in [1.54, 1.807) is 12.1 Å². The molecule has 2 aliphatic rings. The zero-order valence-corrected chi connectivity index (χ0v) is 33.5. The summed E-state index contributed by atoms with van der Waals surface area (Å²) in [6.07, 6.45) is -8.25. The van der Waals surface area contributed by atoms with Crippen molar-refractivity contribution < 1.29 is 60.0 Å². The number of benzene rings is 4. The first-order valence-electron chi connectivity index (χ1n) is 17.5. The van der Waals surface area contributed by atoms with E-state index in [0.717, 1.165) is 12.1 Å². The molecule has 0 bridgehead atoms. The third-order valence-electron chi connectivity index (χ3n) is 9.15. The Balaban J connectivity index is 0.000000221. The summed E-state index contributed by atoms with van der Waals surface area (Å²) in [6, 6.07) is 16.8. The molecule has 0 amide bonds. The minimum Gasteiger partial charge on any atom is -0.317 e. The summed E-state index contributed by atoms with van der Waals surface area (Å²) in [4.78, 5) is -3.53. The summed E-state index contributed by atoms with van der Waals surface area (Å²) >= 11 is 0. The minimum absolute atomic E-state index is 0.144. The average molecular weight is 897 g/mol. The summed E-state index contributed by atoms with van der Waals surface area (Å²) in [5.74, 6) is 0. The van der Waals surface area contributed by atoms with E-state index in [2.05, 4.69) is 20.1 Å². The van der Waals surface area contributed by atoms with Crippen LogP contribution < -0.4 is 20.1 Å². The standard InChI is InChI=1S/2C18H19F3N2O4S2/c2*19-18(20,21)16-7-6-15(28(24,25)14-4-2-1-3-5-14)12-17(16)29(26,27)23-13-8-10-22-11-9-13/h2*1-7,12-13,22-23H,8-11H2. The van der Waals surface area contributed by atoms with Gasteiger partial charge in [0.25, 0.3) is 0 Å². The summed E-state index contributed by atoms with van der Waals surface area (Å²) in [5.41, 5.74) is -2.82. The predicted octanol–water partition coefficient (Wildman–Crippen LogP) is 5.14.